The van der Waals surface area contributed by atoms with Crippen molar-refractivity contribution in [2.45, 2.75) is 19.8 Å². The number of carbonyl (C=O) groups excluding carboxylic acids is 1. The molecule has 1 aromatic carbocycles. The fourth-order valence-corrected chi connectivity index (χ4v) is 2.88. The first kappa shape index (κ1) is 12.4. The van der Waals surface area contributed by atoms with Crippen LogP contribution < -0.4 is 0 Å². The normalized spacial score (nSPS) is 14.3. The minimum atomic E-state index is 0.201. The summed E-state index contributed by atoms with van der Waals surface area (Å²) in [6, 6.07) is 8.33. The maximum Gasteiger partial charge on any atom is 0.228 e. The van der Waals surface area contributed by atoms with Crippen LogP contribution in [0.15, 0.2) is 29.6 Å². The van der Waals surface area contributed by atoms with E-state index >= 15 is 0 Å². The highest BCUT2D eigenvalue weighted by Crippen LogP contribution is 2.24. The molecule has 2 heterocycles. The van der Waals surface area contributed by atoms with Gasteiger partial charge < -0.3 is 4.90 Å². The van der Waals surface area contributed by atoms with Crippen molar-refractivity contribution >= 4 is 17.2 Å². The zero-order chi connectivity index (χ0) is 13.2. The number of thiazole rings is 1. The zero-order valence-corrected chi connectivity index (χ0v) is 11.7. The molecule has 1 aliphatic rings. The van der Waals surface area contributed by atoms with Crippen LogP contribution in [0.25, 0.3) is 10.6 Å². The number of aryl methyl sites for hydroxylation is 1. The van der Waals surface area contributed by atoms with E-state index in [-0.39, 0.29) is 5.91 Å². The predicted molar refractivity (Wildman–Crippen MR) is 77.2 cm³/mol. The summed E-state index contributed by atoms with van der Waals surface area (Å²) in [6.07, 6.45) is 1.57. The van der Waals surface area contributed by atoms with E-state index in [1.807, 2.05) is 10.3 Å². The third-order valence-corrected chi connectivity index (χ3v) is 4.33. The average molecular weight is 272 g/mol. The van der Waals surface area contributed by atoms with E-state index < -0.39 is 0 Å². The van der Waals surface area contributed by atoms with Crippen molar-refractivity contribution in [2.75, 3.05) is 13.1 Å². The van der Waals surface area contributed by atoms with Gasteiger partial charge in [-0.05, 0) is 13.3 Å². The van der Waals surface area contributed by atoms with Gasteiger partial charge in [-0.3, -0.25) is 4.79 Å². The quantitative estimate of drug-likeness (QED) is 0.860. The van der Waals surface area contributed by atoms with Crippen molar-refractivity contribution in [3.05, 3.63) is 40.9 Å². The molecule has 0 atom stereocenters. The number of nitrogens with zero attached hydrogens (tertiary/aromatic N) is 2. The van der Waals surface area contributed by atoms with Crippen LogP contribution in [-0.2, 0) is 11.2 Å². The Morgan fingerprint density at radius 1 is 1.32 bits per heavy atom. The molecule has 0 unspecified atom stereocenters. The molecule has 1 aliphatic heterocycles. The SMILES string of the molecule is Cc1ccc(-c2nc(CC(=O)N3CCC3)cs2)cc1. The Labute approximate surface area is 116 Å². The topological polar surface area (TPSA) is 33.2 Å². The lowest BCUT2D eigenvalue weighted by molar-refractivity contribution is -0.133. The molecule has 3 nitrogen and oxygen atoms in total. The molecule has 0 spiro atoms. The summed E-state index contributed by atoms with van der Waals surface area (Å²) in [5, 5.41) is 2.98. The van der Waals surface area contributed by atoms with Crippen LogP contribution in [0.3, 0.4) is 0 Å². The van der Waals surface area contributed by atoms with Crippen LogP contribution in [-0.4, -0.2) is 28.9 Å². The molecule has 19 heavy (non-hydrogen) atoms. The van der Waals surface area contributed by atoms with Gasteiger partial charge in [0.25, 0.3) is 0 Å². The molecule has 0 bridgehead atoms. The maximum absolute atomic E-state index is 11.9. The van der Waals surface area contributed by atoms with Crippen LogP contribution in [0.2, 0.25) is 0 Å². The molecule has 0 saturated carbocycles. The lowest BCUT2D eigenvalue weighted by Crippen LogP contribution is -2.42. The second-order valence-electron chi connectivity index (χ2n) is 4.92. The minimum absolute atomic E-state index is 0.201. The number of rotatable bonds is 3. The van der Waals surface area contributed by atoms with E-state index in [9.17, 15) is 4.79 Å². The van der Waals surface area contributed by atoms with Gasteiger partial charge in [-0.25, -0.2) is 4.98 Å². The third kappa shape index (κ3) is 2.68. The van der Waals surface area contributed by atoms with E-state index in [0.717, 1.165) is 35.8 Å². The van der Waals surface area contributed by atoms with E-state index in [0.29, 0.717) is 6.42 Å². The lowest BCUT2D eigenvalue weighted by atomic mass is 10.1. The maximum atomic E-state index is 11.9. The summed E-state index contributed by atoms with van der Waals surface area (Å²) >= 11 is 1.61. The van der Waals surface area contributed by atoms with Crippen LogP contribution in [0.1, 0.15) is 17.7 Å². The van der Waals surface area contributed by atoms with E-state index in [1.54, 1.807) is 11.3 Å². The Kier molecular flexibility index (Phi) is 3.34. The summed E-state index contributed by atoms with van der Waals surface area (Å²) in [4.78, 5) is 18.3. The Hall–Kier alpha value is -1.68. The monoisotopic (exact) mass is 272 g/mol. The van der Waals surface area contributed by atoms with Crippen molar-refractivity contribution < 1.29 is 4.79 Å². The molecule has 1 amide bonds. The summed E-state index contributed by atoms with van der Waals surface area (Å²) in [6.45, 7) is 3.89. The first-order valence-electron chi connectivity index (χ1n) is 6.51. The lowest BCUT2D eigenvalue weighted by Gasteiger charge is -2.30. The fraction of sp³-hybridized carbons (Fsp3) is 0.333. The number of carbonyl (C=O) groups is 1. The van der Waals surface area contributed by atoms with Gasteiger partial charge in [0.2, 0.25) is 5.91 Å². The van der Waals surface area contributed by atoms with Gasteiger partial charge in [-0.2, -0.15) is 0 Å². The van der Waals surface area contributed by atoms with Crippen molar-refractivity contribution in [1.29, 1.82) is 0 Å². The molecular weight excluding hydrogens is 256 g/mol. The van der Waals surface area contributed by atoms with Gasteiger partial charge in [0.15, 0.2) is 0 Å². The van der Waals surface area contributed by atoms with E-state index in [2.05, 4.69) is 36.2 Å². The predicted octanol–water partition coefficient (Wildman–Crippen LogP) is 2.89. The third-order valence-electron chi connectivity index (χ3n) is 3.39. The number of hydrogen-bond acceptors (Lipinski definition) is 3. The van der Waals surface area contributed by atoms with Gasteiger partial charge in [0, 0.05) is 24.0 Å². The first-order chi connectivity index (χ1) is 9.22. The molecule has 0 aliphatic carbocycles. The Morgan fingerprint density at radius 3 is 2.68 bits per heavy atom. The summed E-state index contributed by atoms with van der Waals surface area (Å²) < 4.78 is 0. The van der Waals surface area contributed by atoms with Gasteiger partial charge in [0.05, 0.1) is 12.1 Å². The van der Waals surface area contributed by atoms with Crippen LogP contribution in [0.4, 0.5) is 0 Å². The van der Waals surface area contributed by atoms with Gasteiger partial charge in [-0.1, -0.05) is 29.8 Å². The number of hydrogen-bond donors (Lipinski definition) is 0. The van der Waals surface area contributed by atoms with Crippen LogP contribution in [0.5, 0.6) is 0 Å². The average Bonchev–Trinajstić information content (AvgIpc) is 2.76. The Bertz CT molecular complexity index is 584. The van der Waals surface area contributed by atoms with Crippen LogP contribution in [0, 0.1) is 6.92 Å². The highest BCUT2D eigenvalue weighted by molar-refractivity contribution is 7.13. The van der Waals surface area contributed by atoms with E-state index in [1.165, 1.54) is 5.56 Å². The molecule has 0 radical (unpaired) electrons. The zero-order valence-electron chi connectivity index (χ0n) is 10.9. The van der Waals surface area contributed by atoms with Crippen molar-refractivity contribution in [2.24, 2.45) is 0 Å². The Morgan fingerprint density at radius 2 is 2.05 bits per heavy atom. The Balaban J connectivity index is 1.72. The molecule has 3 rings (SSSR count). The largest absolute Gasteiger partial charge is 0.342 e. The first-order valence-corrected chi connectivity index (χ1v) is 7.39. The highest BCUT2D eigenvalue weighted by atomic mass is 32.1. The number of amides is 1. The second kappa shape index (κ2) is 5.13. The summed E-state index contributed by atoms with van der Waals surface area (Å²) in [5.41, 5.74) is 3.25. The molecule has 1 saturated heterocycles. The molecular formula is C15H16N2OS. The van der Waals surface area contributed by atoms with Crippen molar-refractivity contribution in [3.8, 4) is 10.6 Å². The minimum Gasteiger partial charge on any atom is -0.342 e. The smallest absolute Gasteiger partial charge is 0.228 e. The molecule has 4 heteroatoms. The molecule has 2 aromatic rings. The number of likely N-dealkylation sites (tertiary alicyclic amines) is 1. The highest BCUT2D eigenvalue weighted by Gasteiger charge is 2.21. The summed E-state index contributed by atoms with van der Waals surface area (Å²) in [7, 11) is 0. The summed E-state index contributed by atoms with van der Waals surface area (Å²) in [5.74, 6) is 0.201. The van der Waals surface area contributed by atoms with Gasteiger partial charge in [-0.15, -0.1) is 11.3 Å². The molecule has 0 N–H and O–H groups in total. The van der Waals surface area contributed by atoms with Crippen LogP contribution >= 0.6 is 11.3 Å². The fourth-order valence-electron chi connectivity index (χ4n) is 2.05. The second-order valence-corrected chi connectivity index (χ2v) is 5.78. The van der Waals surface area contributed by atoms with Crippen molar-refractivity contribution in [1.82, 2.24) is 9.88 Å². The molecule has 1 fully saturated rings. The standard InChI is InChI=1S/C15H16N2OS/c1-11-3-5-12(6-4-11)15-16-13(10-19-15)9-14(18)17-7-2-8-17/h3-6,10H,2,7-9H2,1H3. The number of aromatic nitrogens is 1. The van der Waals surface area contributed by atoms with Gasteiger partial charge in [0.1, 0.15) is 5.01 Å². The van der Waals surface area contributed by atoms with Crippen molar-refractivity contribution in [3.63, 3.8) is 0 Å². The van der Waals surface area contributed by atoms with Gasteiger partial charge >= 0.3 is 0 Å². The molecule has 1 aromatic heterocycles. The molecule has 98 valence electrons. The van der Waals surface area contributed by atoms with E-state index in [4.69, 9.17) is 0 Å². The number of benzene rings is 1.